The van der Waals surface area contributed by atoms with Gasteiger partial charge in [0.25, 0.3) is 5.56 Å². The molecule has 0 aliphatic carbocycles. The molecule has 1 aromatic heterocycles. The number of carbonyl (C=O) groups excluding carboxylic acids is 2. The van der Waals surface area contributed by atoms with E-state index in [0.717, 1.165) is 9.80 Å². The van der Waals surface area contributed by atoms with E-state index in [2.05, 4.69) is 9.72 Å². The van der Waals surface area contributed by atoms with E-state index in [1.165, 1.54) is 25.1 Å². The van der Waals surface area contributed by atoms with Gasteiger partial charge in [-0.05, 0) is 57.0 Å². The standard InChI is InChI=1S/C29H30Cl3F3N4O8S/c1-5-48(44,45)21-7-6-16(31)10-15(21)12-38-24(40)18-11-20(46-29(33,34)35)19(22(32)23(18)36-25(38)41)14-37-13-17(8-9-30)39(26(37)42)27(43)47-28(2,3)4/h6-7,10-11,17H,5,8-9,12-14H2,1-4H3,(H,36,41)/t17-/m1/s1. The lowest BCUT2D eigenvalue weighted by Crippen LogP contribution is -2.43. The van der Waals surface area contributed by atoms with Crippen molar-refractivity contribution < 1.29 is 40.7 Å². The summed E-state index contributed by atoms with van der Waals surface area (Å²) in [5.74, 6) is -1.22. The van der Waals surface area contributed by atoms with Crippen molar-refractivity contribution in [3.8, 4) is 5.75 Å². The van der Waals surface area contributed by atoms with Gasteiger partial charge < -0.3 is 19.4 Å². The third kappa shape index (κ3) is 8.04. The highest BCUT2D eigenvalue weighted by Crippen LogP contribution is 2.37. The molecule has 3 amide bonds. The van der Waals surface area contributed by atoms with Crippen LogP contribution in [0.4, 0.5) is 22.8 Å². The van der Waals surface area contributed by atoms with E-state index in [1.54, 1.807) is 20.8 Å². The van der Waals surface area contributed by atoms with Crippen molar-refractivity contribution in [3.63, 3.8) is 0 Å². The summed E-state index contributed by atoms with van der Waals surface area (Å²) in [6.45, 7) is 4.75. The number of amides is 3. The predicted molar refractivity (Wildman–Crippen MR) is 172 cm³/mol. The van der Waals surface area contributed by atoms with Crippen LogP contribution in [0.5, 0.6) is 5.75 Å². The van der Waals surface area contributed by atoms with E-state index in [4.69, 9.17) is 39.5 Å². The Hall–Kier alpha value is -3.47. The number of aromatic amines is 1. The SMILES string of the molecule is CCS(=O)(=O)c1ccc(Cl)cc1Cn1c(=O)[nH]c2c(Cl)c(CN3C[C@@H](CCCl)N(C(=O)OC(C)(C)C)C3=O)c(OC(F)(F)F)cc2c1=O. The Morgan fingerprint density at radius 1 is 1.08 bits per heavy atom. The van der Waals surface area contributed by atoms with E-state index in [1.807, 2.05) is 0 Å². The van der Waals surface area contributed by atoms with Crippen LogP contribution in [0.3, 0.4) is 0 Å². The number of aromatic nitrogens is 2. The molecule has 2 heterocycles. The smallest absolute Gasteiger partial charge is 0.443 e. The maximum Gasteiger partial charge on any atom is 0.573 e. The molecule has 1 saturated heterocycles. The van der Waals surface area contributed by atoms with Crippen molar-refractivity contribution in [2.45, 2.75) is 70.1 Å². The van der Waals surface area contributed by atoms with Gasteiger partial charge in [-0.1, -0.05) is 30.1 Å². The molecule has 262 valence electrons. The van der Waals surface area contributed by atoms with Gasteiger partial charge in [-0.2, -0.15) is 0 Å². The Labute approximate surface area is 287 Å². The maximum absolute atomic E-state index is 13.6. The van der Waals surface area contributed by atoms with E-state index in [0.29, 0.717) is 10.6 Å². The van der Waals surface area contributed by atoms with E-state index in [-0.39, 0.29) is 45.6 Å². The molecule has 12 nitrogen and oxygen atoms in total. The van der Waals surface area contributed by atoms with Gasteiger partial charge in [-0.15, -0.1) is 24.8 Å². The molecule has 1 aliphatic heterocycles. The van der Waals surface area contributed by atoms with Gasteiger partial charge in [-0.25, -0.2) is 27.7 Å². The Kier molecular flexibility index (Phi) is 10.7. The fourth-order valence-corrected chi connectivity index (χ4v) is 6.97. The minimum Gasteiger partial charge on any atom is -0.443 e. The zero-order valence-electron chi connectivity index (χ0n) is 25.9. The largest absolute Gasteiger partial charge is 0.573 e. The summed E-state index contributed by atoms with van der Waals surface area (Å²) >= 11 is 18.5. The molecule has 48 heavy (non-hydrogen) atoms. The molecule has 1 atom stereocenters. The zero-order valence-corrected chi connectivity index (χ0v) is 29.0. The number of H-pyrrole nitrogens is 1. The van der Waals surface area contributed by atoms with Crippen LogP contribution in [0.25, 0.3) is 10.9 Å². The molecular formula is C29H30Cl3F3N4O8S. The number of urea groups is 1. The fraction of sp³-hybridized carbons (Fsp3) is 0.448. The van der Waals surface area contributed by atoms with Gasteiger partial charge in [0.15, 0.2) is 9.84 Å². The summed E-state index contributed by atoms with van der Waals surface area (Å²) in [7, 11) is -3.84. The van der Waals surface area contributed by atoms with Crippen molar-refractivity contribution in [1.82, 2.24) is 19.4 Å². The maximum atomic E-state index is 13.6. The number of rotatable bonds is 9. The first kappa shape index (κ1) is 37.4. The number of alkyl halides is 4. The third-order valence-electron chi connectivity index (χ3n) is 7.23. The quantitative estimate of drug-likeness (QED) is 0.265. The van der Waals surface area contributed by atoms with Crippen molar-refractivity contribution in [2.75, 3.05) is 18.2 Å². The minimum atomic E-state index is -5.28. The topological polar surface area (TPSA) is 148 Å². The number of ether oxygens (including phenoxy) is 2. The molecule has 1 fully saturated rings. The highest BCUT2D eigenvalue weighted by Gasteiger charge is 2.44. The number of halogens is 6. The Balaban J connectivity index is 1.84. The van der Waals surface area contributed by atoms with E-state index < -0.39 is 86.0 Å². The lowest BCUT2D eigenvalue weighted by atomic mass is 10.1. The summed E-state index contributed by atoms with van der Waals surface area (Å²) in [6.07, 6.45) is -6.13. The number of carbonyl (C=O) groups is 2. The van der Waals surface area contributed by atoms with Gasteiger partial charge in [0.05, 0.1) is 45.7 Å². The van der Waals surface area contributed by atoms with Gasteiger partial charge in [0, 0.05) is 23.0 Å². The second kappa shape index (κ2) is 13.8. The van der Waals surface area contributed by atoms with Gasteiger partial charge >= 0.3 is 24.2 Å². The monoisotopic (exact) mass is 756 g/mol. The molecule has 0 saturated carbocycles. The number of fused-ring (bicyclic) bond motifs is 1. The fourth-order valence-electron chi connectivity index (χ4n) is 5.11. The lowest BCUT2D eigenvalue weighted by Gasteiger charge is -2.26. The zero-order chi connectivity index (χ0) is 35.9. The molecule has 0 unspecified atom stereocenters. The normalized spacial score (nSPS) is 15.8. The molecular weight excluding hydrogens is 728 g/mol. The van der Waals surface area contributed by atoms with Crippen LogP contribution in [0.15, 0.2) is 38.8 Å². The molecule has 3 aromatic rings. The van der Waals surface area contributed by atoms with Crippen LogP contribution >= 0.6 is 34.8 Å². The van der Waals surface area contributed by atoms with Crippen molar-refractivity contribution in [3.05, 3.63) is 66.3 Å². The molecule has 19 heteroatoms. The van der Waals surface area contributed by atoms with Crippen molar-refractivity contribution >= 4 is 67.7 Å². The van der Waals surface area contributed by atoms with Crippen molar-refractivity contribution in [2.24, 2.45) is 0 Å². The van der Waals surface area contributed by atoms with Crippen LogP contribution in [-0.2, 0) is 27.7 Å². The molecule has 1 aliphatic rings. The first-order chi connectivity index (χ1) is 22.2. The van der Waals surface area contributed by atoms with Crippen LogP contribution < -0.4 is 16.0 Å². The summed E-state index contributed by atoms with van der Waals surface area (Å²) < 4.78 is 76.5. The number of nitrogens with one attached hydrogen (secondary N) is 1. The van der Waals surface area contributed by atoms with Gasteiger partial charge in [0.2, 0.25) is 0 Å². The van der Waals surface area contributed by atoms with Crippen LogP contribution in [-0.4, -0.2) is 76.1 Å². The third-order valence-corrected chi connectivity index (χ3v) is 9.92. The molecule has 0 spiro atoms. The Morgan fingerprint density at radius 2 is 1.75 bits per heavy atom. The summed E-state index contributed by atoms with van der Waals surface area (Å²) in [5.41, 5.74) is -3.97. The number of nitrogens with zero attached hydrogens (tertiary/aromatic N) is 3. The number of benzene rings is 2. The molecule has 2 aromatic carbocycles. The highest BCUT2D eigenvalue weighted by molar-refractivity contribution is 7.91. The number of sulfone groups is 1. The first-order valence-corrected chi connectivity index (χ1v) is 17.2. The molecule has 1 N–H and O–H groups in total. The average molecular weight is 758 g/mol. The predicted octanol–water partition coefficient (Wildman–Crippen LogP) is 5.91. The Bertz CT molecular complexity index is 1990. The highest BCUT2D eigenvalue weighted by atomic mass is 35.5. The number of hydrogen-bond acceptors (Lipinski definition) is 8. The van der Waals surface area contributed by atoms with E-state index in [9.17, 15) is 40.8 Å². The van der Waals surface area contributed by atoms with Crippen LogP contribution in [0.1, 0.15) is 45.2 Å². The van der Waals surface area contributed by atoms with Crippen molar-refractivity contribution in [1.29, 1.82) is 0 Å². The number of hydrogen-bond donors (Lipinski definition) is 1. The summed E-state index contributed by atoms with van der Waals surface area (Å²) in [6, 6.07) is 2.80. The van der Waals surface area contributed by atoms with Gasteiger partial charge in [0.1, 0.15) is 11.4 Å². The second-order valence-electron chi connectivity index (χ2n) is 11.8. The van der Waals surface area contributed by atoms with Gasteiger partial charge in [-0.3, -0.25) is 9.36 Å². The molecule has 0 radical (unpaired) electrons. The summed E-state index contributed by atoms with van der Waals surface area (Å²) in [5, 5.41) is -0.941. The molecule has 0 bridgehead atoms. The first-order valence-electron chi connectivity index (χ1n) is 14.3. The van der Waals surface area contributed by atoms with Crippen LogP contribution in [0, 0.1) is 0 Å². The minimum absolute atomic E-state index is 0.0145. The second-order valence-corrected chi connectivity index (χ2v) is 15.2. The van der Waals surface area contributed by atoms with E-state index >= 15 is 0 Å². The Morgan fingerprint density at radius 3 is 2.33 bits per heavy atom. The lowest BCUT2D eigenvalue weighted by molar-refractivity contribution is -0.274. The average Bonchev–Trinajstić information content (AvgIpc) is 3.26. The van der Waals surface area contributed by atoms with Crippen LogP contribution in [0.2, 0.25) is 10.0 Å². The molecule has 4 rings (SSSR count). The summed E-state index contributed by atoms with van der Waals surface area (Å²) in [4.78, 5) is 57.2. The number of imide groups is 1.